The van der Waals surface area contributed by atoms with Gasteiger partial charge in [-0.3, -0.25) is 19.6 Å². The van der Waals surface area contributed by atoms with Crippen molar-refractivity contribution in [1.29, 1.82) is 0 Å². The molecule has 80 valence electrons. The van der Waals surface area contributed by atoms with Gasteiger partial charge in [0.1, 0.15) is 5.38 Å². The monoisotopic (exact) mass is 227 g/mol. The predicted molar refractivity (Wildman–Crippen MR) is 53.5 cm³/mol. The van der Waals surface area contributed by atoms with Crippen LogP contribution in [0, 0.1) is 6.92 Å². The molecule has 0 aromatic carbocycles. The van der Waals surface area contributed by atoms with E-state index in [0.717, 1.165) is 5.69 Å². The summed E-state index contributed by atoms with van der Waals surface area (Å²) >= 11 is 5.87. The van der Waals surface area contributed by atoms with E-state index in [1.165, 1.54) is 0 Å². The molecule has 0 aliphatic carbocycles. The highest BCUT2D eigenvalue weighted by molar-refractivity contribution is 6.37. The van der Waals surface area contributed by atoms with Crippen molar-refractivity contribution in [2.24, 2.45) is 7.05 Å². The number of nitrogens with one attached hydrogen (secondary N) is 1. The fourth-order valence-electron chi connectivity index (χ4n) is 1.77. The lowest BCUT2D eigenvalue weighted by atomic mass is 9.98. The Balaban J connectivity index is 2.43. The number of alkyl halides is 1. The molecular formula is C9H10ClN3O2. The normalized spacial score (nSPS) is 25.8. The number of hydrogen-bond donors (Lipinski definition) is 1. The molecule has 6 heteroatoms. The molecule has 1 fully saturated rings. The van der Waals surface area contributed by atoms with Crippen molar-refractivity contribution >= 4 is 23.4 Å². The molecule has 1 saturated heterocycles. The van der Waals surface area contributed by atoms with Crippen LogP contribution in [0.15, 0.2) is 6.20 Å². The fourth-order valence-corrected chi connectivity index (χ4v) is 2.08. The number of aromatic nitrogens is 2. The van der Waals surface area contributed by atoms with E-state index in [9.17, 15) is 9.59 Å². The van der Waals surface area contributed by atoms with Crippen molar-refractivity contribution < 1.29 is 9.59 Å². The zero-order valence-corrected chi connectivity index (χ0v) is 9.08. The second-order valence-electron chi connectivity index (χ2n) is 3.58. The summed E-state index contributed by atoms with van der Waals surface area (Å²) in [6, 6.07) is 0. The van der Waals surface area contributed by atoms with Crippen molar-refractivity contribution in [3.05, 3.63) is 17.5 Å². The van der Waals surface area contributed by atoms with Crippen molar-refractivity contribution in [1.82, 2.24) is 15.1 Å². The van der Waals surface area contributed by atoms with Crippen LogP contribution >= 0.6 is 11.6 Å². The molecule has 5 nitrogen and oxygen atoms in total. The van der Waals surface area contributed by atoms with Gasteiger partial charge in [0.15, 0.2) is 0 Å². The lowest BCUT2D eigenvalue weighted by Crippen LogP contribution is -2.22. The number of rotatable bonds is 1. The Labute approximate surface area is 91.4 Å². The third-order valence-corrected chi connectivity index (χ3v) is 2.91. The van der Waals surface area contributed by atoms with Gasteiger partial charge in [0.2, 0.25) is 11.8 Å². The summed E-state index contributed by atoms with van der Waals surface area (Å²) in [4.78, 5) is 22.7. The molecule has 2 rings (SSSR count). The average Bonchev–Trinajstić information content (AvgIpc) is 2.56. The van der Waals surface area contributed by atoms with Crippen LogP contribution in [-0.2, 0) is 16.6 Å². The number of amides is 2. The van der Waals surface area contributed by atoms with E-state index in [-0.39, 0.29) is 5.91 Å². The first-order valence-corrected chi connectivity index (χ1v) is 4.93. The molecule has 0 bridgehead atoms. The Morgan fingerprint density at radius 1 is 1.47 bits per heavy atom. The smallest absolute Gasteiger partial charge is 0.245 e. The van der Waals surface area contributed by atoms with Crippen LogP contribution in [0.3, 0.4) is 0 Å². The highest BCUT2D eigenvalue weighted by Crippen LogP contribution is 2.30. The number of hydrogen-bond acceptors (Lipinski definition) is 3. The Hall–Kier alpha value is -1.36. The standard InChI is InChI=1S/C9H10ClN3O2/c1-4-5(3-13(2)12-4)6-7(10)9(15)11-8(6)14/h3,6-7H,1-2H3,(H,11,14,15). The largest absolute Gasteiger partial charge is 0.295 e. The van der Waals surface area contributed by atoms with Crippen molar-refractivity contribution in [2.45, 2.75) is 18.2 Å². The Bertz CT molecular complexity index is 441. The first-order valence-electron chi connectivity index (χ1n) is 4.49. The zero-order chi connectivity index (χ0) is 11.2. The minimum atomic E-state index is -0.833. The molecule has 1 N–H and O–H groups in total. The summed E-state index contributed by atoms with van der Waals surface area (Å²) < 4.78 is 1.60. The van der Waals surface area contributed by atoms with Gasteiger partial charge in [0.25, 0.3) is 0 Å². The maximum atomic E-state index is 11.5. The third kappa shape index (κ3) is 1.52. The predicted octanol–water partition coefficient (Wildman–Crippen LogP) is 0.0759. The number of carbonyl (C=O) groups excluding carboxylic acids is 2. The quantitative estimate of drug-likeness (QED) is 0.546. The molecule has 1 aliphatic rings. The molecule has 2 atom stereocenters. The number of nitrogens with zero attached hydrogens (tertiary/aromatic N) is 2. The molecule has 0 saturated carbocycles. The SMILES string of the molecule is Cc1nn(C)cc1C1C(=O)NC(=O)C1Cl. The second kappa shape index (κ2) is 3.34. The van der Waals surface area contributed by atoms with Gasteiger partial charge >= 0.3 is 0 Å². The van der Waals surface area contributed by atoms with Gasteiger partial charge in [0, 0.05) is 18.8 Å². The van der Waals surface area contributed by atoms with Crippen molar-refractivity contribution in [3.63, 3.8) is 0 Å². The second-order valence-corrected chi connectivity index (χ2v) is 4.05. The van der Waals surface area contributed by atoms with Gasteiger partial charge in [0.05, 0.1) is 11.6 Å². The summed E-state index contributed by atoms with van der Waals surface area (Å²) in [5, 5.41) is 5.49. The summed E-state index contributed by atoms with van der Waals surface area (Å²) in [6.45, 7) is 1.79. The number of aryl methyl sites for hydroxylation is 2. The van der Waals surface area contributed by atoms with E-state index < -0.39 is 17.2 Å². The Morgan fingerprint density at radius 3 is 2.53 bits per heavy atom. The maximum Gasteiger partial charge on any atom is 0.245 e. The van der Waals surface area contributed by atoms with Gasteiger partial charge in [-0.1, -0.05) is 0 Å². The van der Waals surface area contributed by atoms with Crippen LogP contribution in [-0.4, -0.2) is 27.0 Å². The summed E-state index contributed by atoms with van der Waals surface area (Å²) in [5.41, 5.74) is 1.43. The van der Waals surface area contributed by atoms with Crippen LogP contribution in [0.1, 0.15) is 17.2 Å². The highest BCUT2D eigenvalue weighted by Gasteiger charge is 2.42. The van der Waals surface area contributed by atoms with Gasteiger partial charge < -0.3 is 0 Å². The molecule has 0 radical (unpaired) electrons. The van der Waals surface area contributed by atoms with E-state index in [1.807, 2.05) is 0 Å². The van der Waals surface area contributed by atoms with Crippen LogP contribution in [0.4, 0.5) is 0 Å². The Kier molecular flexibility index (Phi) is 2.26. The molecule has 1 aliphatic heterocycles. The number of carbonyl (C=O) groups is 2. The summed E-state index contributed by atoms with van der Waals surface area (Å²) in [6.07, 6.45) is 1.72. The van der Waals surface area contributed by atoms with Crippen molar-refractivity contribution in [3.8, 4) is 0 Å². The minimum absolute atomic E-state index is 0.351. The summed E-state index contributed by atoms with van der Waals surface area (Å²) in [7, 11) is 1.76. The topological polar surface area (TPSA) is 64.0 Å². The zero-order valence-electron chi connectivity index (χ0n) is 8.32. The van der Waals surface area contributed by atoms with Crippen LogP contribution < -0.4 is 5.32 Å². The average molecular weight is 228 g/mol. The Morgan fingerprint density at radius 2 is 2.13 bits per heavy atom. The van der Waals surface area contributed by atoms with E-state index in [4.69, 9.17) is 11.6 Å². The van der Waals surface area contributed by atoms with E-state index >= 15 is 0 Å². The van der Waals surface area contributed by atoms with Gasteiger partial charge in [-0.2, -0.15) is 5.10 Å². The van der Waals surface area contributed by atoms with Crippen LogP contribution in [0.25, 0.3) is 0 Å². The van der Waals surface area contributed by atoms with E-state index in [0.29, 0.717) is 5.56 Å². The summed E-state index contributed by atoms with van der Waals surface area (Å²) in [5.74, 6) is -1.40. The van der Waals surface area contributed by atoms with E-state index in [2.05, 4.69) is 10.4 Å². The van der Waals surface area contributed by atoms with Crippen LogP contribution in [0.2, 0.25) is 0 Å². The van der Waals surface area contributed by atoms with Crippen molar-refractivity contribution in [2.75, 3.05) is 0 Å². The first-order chi connectivity index (χ1) is 7.00. The molecule has 1 aromatic heterocycles. The lowest BCUT2D eigenvalue weighted by molar-refractivity contribution is -0.125. The molecule has 0 spiro atoms. The maximum absolute atomic E-state index is 11.5. The highest BCUT2D eigenvalue weighted by atomic mass is 35.5. The number of halogens is 1. The minimum Gasteiger partial charge on any atom is -0.295 e. The van der Waals surface area contributed by atoms with Gasteiger partial charge in [-0.15, -0.1) is 11.6 Å². The molecule has 1 aromatic rings. The van der Waals surface area contributed by atoms with Gasteiger partial charge in [-0.05, 0) is 6.92 Å². The molecule has 2 amide bonds. The first kappa shape index (κ1) is 10.2. The fraction of sp³-hybridized carbons (Fsp3) is 0.444. The lowest BCUT2D eigenvalue weighted by Gasteiger charge is -2.07. The third-order valence-electron chi connectivity index (χ3n) is 2.46. The molecular weight excluding hydrogens is 218 g/mol. The molecule has 2 heterocycles. The number of imide groups is 1. The molecule has 2 unspecified atom stereocenters. The van der Waals surface area contributed by atoms with Crippen LogP contribution in [0.5, 0.6) is 0 Å². The molecule has 15 heavy (non-hydrogen) atoms. The van der Waals surface area contributed by atoms with Gasteiger partial charge in [-0.25, -0.2) is 0 Å². The van der Waals surface area contributed by atoms with E-state index in [1.54, 1.807) is 24.9 Å².